The molecular formula is C12H13FN2O2. The van der Waals surface area contributed by atoms with Crippen LogP contribution in [0.15, 0.2) is 35.1 Å². The van der Waals surface area contributed by atoms with Crippen molar-refractivity contribution in [1.29, 1.82) is 0 Å². The first-order chi connectivity index (χ1) is 8.29. The van der Waals surface area contributed by atoms with Crippen LogP contribution in [-0.4, -0.2) is 12.0 Å². The van der Waals surface area contributed by atoms with Gasteiger partial charge in [0, 0.05) is 12.1 Å². The van der Waals surface area contributed by atoms with Crippen molar-refractivity contribution >= 4 is 0 Å². The molecule has 2 heterocycles. The average molecular weight is 236 g/mol. The van der Waals surface area contributed by atoms with Crippen LogP contribution in [0.5, 0.6) is 5.88 Å². The third-order valence-electron chi connectivity index (χ3n) is 2.19. The van der Waals surface area contributed by atoms with E-state index in [0.717, 1.165) is 6.20 Å². The molecule has 0 saturated carbocycles. The normalized spacial score (nSPS) is 10.5. The minimum Gasteiger partial charge on any atom is -0.469 e. The molecule has 17 heavy (non-hydrogen) atoms. The van der Waals surface area contributed by atoms with Crippen molar-refractivity contribution < 1.29 is 13.5 Å². The van der Waals surface area contributed by atoms with Crippen LogP contribution in [0.4, 0.5) is 4.39 Å². The molecule has 0 radical (unpaired) electrons. The maximum Gasteiger partial charge on any atom is 0.218 e. The average Bonchev–Trinajstić information content (AvgIpc) is 2.81. The molecule has 0 aliphatic carbocycles. The van der Waals surface area contributed by atoms with Crippen LogP contribution in [0.2, 0.25) is 0 Å². The van der Waals surface area contributed by atoms with E-state index in [9.17, 15) is 4.39 Å². The lowest BCUT2D eigenvalue weighted by atomic mass is 10.2. The van der Waals surface area contributed by atoms with Crippen molar-refractivity contribution in [2.24, 2.45) is 0 Å². The highest BCUT2D eigenvalue weighted by Gasteiger charge is 2.07. The van der Waals surface area contributed by atoms with Gasteiger partial charge in [0.25, 0.3) is 0 Å². The summed E-state index contributed by atoms with van der Waals surface area (Å²) in [6, 6.07) is 4.99. The molecule has 0 unspecified atom stereocenters. The summed E-state index contributed by atoms with van der Waals surface area (Å²) in [7, 11) is 1.78. The second kappa shape index (κ2) is 5.45. The molecule has 5 heteroatoms. The maximum atomic E-state index is 13.0. The zero-order valence-electron chi connectivity index (χ0n) is 9.44. The quantitative estimate of drug-likeness (QED) is 0.863. The van der Waals surface area contributed by atoms with Crippen LogP contribution < -0.4 is 10.1 Å². The van der Waals surface area contributed by atoms with E-state index in [2.05, 4.69) is 10.3 Å². The van der Waals surface area contributed by atoms with Gasteiger partial charge in [-0.05, 0) is 25.2 Å². The molecule has 1 N–H and O–H groups in total. The van der Waals surface area contributed by atoms with Gasteiger partial charge >= 0.3 is 0 Å². The fourth-order valence-corrected chi connectivity index (χ4v) is 1.45. The summed E-state index contributed by atoms with van der Waals surface area (Å²) in [5.41, 5.74) is 0.680. The minimum absolute atomic E-state index is 0.280. The monoisotopic (exact) mass is 236 g/mol. The highest BCUT2D eigenvalue weighted by molar-refractivity contribution is 5.26. The second-order valence-corrected chi connectivity index (χ2v) is 3.52. The lowest BCUT2D eigenvalue weighted by Gasteiger charge is -2.08. The van der Waals surface area contributed by atoms with Crippen LogP contribution in [0.1, 0.15) is 11.3 Å². The molecule has 2 aromatic heterocycles. The Balaban J connectivity index is 2.08. The molecule has 0 fully saturated rings. The van der Waals surface area contributed by atoms with E-state index < -0.39 is 0 Å². The number of furan rings is 1. The number of hydrogen-bond acceptors (Lipinski definition) is 4. The Kier molecular flexibility index (Phi) is 3.72. The third kappa shape index (κ3) is 3.04. The van der Waals surface area contributed by atoms with Crippen LogP contribution >= 0.6 is 0 Å². The number of rotatable bonds is 5. The molecular weight excluding hydrogens is 223 g/mol. The van der Waals surface area contributed by atoms with E-state index in [0.29, 0.717) is 23.7 Å². The summed E-state index contributed by atoms with van der Waals surface area (Å²) in [6.45, 7) is 0.778. The van der Waals surface area contributed by atoms with E-state index in [1.54, 1.807) is 25.4 Å². The van der Waals surface area contributed by atoms with Gasteiger partial charge in [-0.2, -0.15) is 0 Å². The topological polar surface area (TPSA) is 47.3 Å². The van der Waals surface area contributed by atoms with Crippen LogP contribution in [0, 0.1) is 5.82 Å². The van der Waals surface area contributed by atoms with E-state index in [1.807, 2.05) is 0 Å². The number of nitrogens with one attached hydrogen (secondary N) is 1. The molecule has 0 bridgehead atoms. The summed E-state index contributed by atoms with van der Waals surface area (Å²) >= 11 is 0. The highest BCUT2D eigenvalue weighted by atomic mass is 19.1. The molecule has 0 spiro atoms. The Morgan fingerprint density at radius 2 is 2.41 bits per heavy atom. The van der Waals surface area contributed by atoms with Gasteiger partial charge in [-0.1, -0.05) is 0 Å². The molecule has 0 aliphatic rings. The first-order valence-electron chi connectivity index (χ1n) is 5.24. The molecule has 90 valence electrons. The van der Waals surface area contributed by atoms with Crippen molar-refractivity contribution in [2.75, 3.05) is 7.05 Å². The Morgan fingerprint density at radius 3 is 3.12 bits per heavy atom. The second-order valence-electron chi connectivity index (χ2n) is 3.52. The lowest BCUT2D eigenvalue weighted by Crippen LogP contribution is -2.09. The van der Waals surface area contributed by atoms with Gasteiger partial charge in [-0.15, -0.1) is 0 Å². The van der Waals surface area contributed by atoms with E-state index >= 15 is 0 Å². The minimum atomic E-state index is -0.374. The van der Waals surface area contributed by atoms with Crippen molar-refractivity contribution in [3.8, 4) is 5.88 Å². The Bertz CT molecular complexity index is 471. The van der Waals surface area contributed by atoms with Gasteiger partial charge in [0.1, 0.15) is 18.2 Å². The summed E-state index contributed by atoms with van der Waals surface area (Å²) in [4.78, 5) is 3.92. The number of aromatic nitrogens is 1. The Morgan fingerprint density at radius 1 is 1.53 bits per heavy atom. The van der Waals surface area contributed by atoms with Gasteiger partial charge in [0.05, 0.1) is 12.5 Å². The zero-order chi connectivity index (χ0) is 12.1. The van der Waals surface area contributed by atoms with Crippen LogP contribution in [-0.2, 0) is 13.2 Å². The molecule has 0 aliphatic heterocycles. The molecule has 2 rings (SSSR count). The predicted octanol–water partition coefficient (Wildman–Crippen LogP) is 2.11. The Hall–Kier alpha value is -1.88. The van der Waals surface area contributed by atoms with Crippen LogP contribution in [0.25, 0.3) is 0 Å². The molecule has 0 amide bonds. The number of ether oxygens (including phenoxy) is 1. The fraction of sp³-hybridized carbons (Fsp3) is 0.250. The van der Waals surface area contributed by atoms with Gasteiger partial charge in [0.2, 0.25) is 5.88 Å². The van der Waals surface area contributed by atoms with E-state index in [4.69, 9.17) is 9.15 Å². The first-order valence-corrected chi connectivity index (χ1v) is 5.24. The van der Waals surface area contributed by atoms with Gasteiger partial charge in [-0.3, -0.25) is 0 Å². The molecule has 4 nitrogen and oxygen atoms in total. The number of nitrogens with zero attached hydrogens (tertiary/aromatic N) is 1. The lowest BCUT2D eigenvalue weighted by molar-refractivity contribution is 0.257. The smallest absolute Gasteiger partial charge is 0.218 e. The van der Waals surface area contributed by atoms with Crippen molar-refractivity contribution in [3.05, 3.63) is 47.8 Å². The Labute approximate surface area is 98.4 Å². The number of pyridine rings is 1. The fourth-order valence-electron chi connectivity index (χ4n) is 1.45. The van der Waals surface area contributed by atoms with Crippen molar-refractivity contribution in [2.45, 2.75) is 13.2 Å². The van der Waals surface area contributed by atoms with Gasteiger partial charge in [0.15, 0.2) is 0 Å². The predicted molar refractivity (Wildman–Crippen MR) is 60.0 cm³/mol. The zero-order valence-corrected chi connectivity index (χ0v) is 9.44. The van der Waals surface area contributed by atoms with Gasteiger partial charge in [-0.25, -0.2) is 9.37 Å². The molecule has 0 atom stereocenters. The summed E-state index contributed by atoms with van der Waals surface area (Å²) in [6.07, 6.45) is 2.71. The van der Waals surface area contributed by atoms with Crippen LogP contribution in [0.3, 0.4) is 0 Å². The summed E-state index contributed by atoms with van der Waals surface area (Å²) < 4.78 is 23.6. The van der Waals surface area contributed by atoms with Crippen molar-refractivity contribution in [3.63, 3.8) is 0 Å². The van der Waals surface area contributed by atoms with Crippen molar-refractivity contribution in [1.82, 2.24) is 10.3 Å². The molecule has 2 aromatic rings. The standard InChI is InChI=1S/C12H13FN2O2/c1-14-6-9-5-10(13)7-15-12(9)17-8-11-3-2-4-16-11/h2-5,7,14H,6,8H2,1H3. The number of halogens is 1. The summed E-state index contributed by atoms with van der Waals surface area (Å²) in [5.74, 6) is 0.740. The molecule has 0 aromatic carbocycles. The van der Waals surface area contributed by atoms with Gasteiger partial charge < -0.3 is 14.5 Å². The summed E-state index contributed by atoms with van der Waals surface area (Å²) in [5, 5.41) is 2.93. The van der Waals surface area contributed by atoms with E-state index in [1.165, 1.54) is 6.07 Å². The van der Waals surface area contributed by atoms with E-state index in [-0.39, 0.29) is 12.4 Å². The molecule has 0 saturated heterocycles. The largest absolute Gasteiger partial charge is 0.469 e. The highest BCUT2D eigenvalue weighted by Crippen LogP contribution is 2.17. The number of hydrogen-bond donors (Lipinski definition) is 1. The first kappa shape index (κ1) is 11.6. The maximum absolute atomic E-state index is 13.0. The SMILES string of the molecule is CNCc1cc(F)cnc1OCc1ccco1. The third-order valence-corrected chi connectivity index (χ3v) is 2.19.